The summed E-state index contributed by atoms with van der Waals surface area (Å²) in [7, 11) is 1.68. The van der Waals surface area contributed by atoms with E-state index >= 15 is 0 Å². The molecule has 0 amide bonds. The van der Waals surface area contributed by atoms with Crippen LogP contribution in [0.2, 0.25) is 0 Å². The van der Waals surface area contributed by atoms with Gasteiger partial charge >= 0.3 is 0 Å². The summed E-state index contributed by atoms with van der Waals surface area (Å²) in [4.78, 5) is 0. The van der Waals surface area contributed by atoms with Gasteiger partial charge in [-0.2, -0.15) is 0 Å². The molecule has 17 heavy (non-hydrogen) atoms. The maximum absolute atomic E-state index is 6.26. The molecule has 0 aliphatic carbocycles. The first kappa shape index (κ1) is 11.7. The normalized spacial score (nSPS) is 12.2. The Balaban J connectivity index is 2.40. The molecule has 2 nitrogen and oxygen atoms in total. The highest BCUT2D eigenvalue weighted by molar-refractivity contribution is 5.43. The minimum absolute atomic E-state index is 0.147. The maximum atomic E-state index is 6.26. The highest BCUT2D eigenvalue weighted by Gasteiger charge is 2.13. The number of ether oxygens (including phenoxy) is 1. The summed E-state index contributed by atoms with van der Waals surface area (Å²) in [5.41, 5.74) is 9.54. The van der Waals surface area contributed by atoms with Crippen molar-refractivity contribution < 1.29 is 4.74 Å². The predicted octanol–water partition coefficient (Wildman–Crippen LogP) is 3.05. The van der Waals surface area contributed by atoms with E-state index in [0.29, 0.717) is 0 Å². The third-order valence-corrected chi connectivity index (χ3v) is 2.88. The van der Waals surface area contributed by atoms with Gasteiger partial charge in [-0.3, -0.25) is 0 Å². The number of hydrogen-bond donors (Lipinski definition) is 1. The zero-order chi connectivity index (χ0) is 12.3. The van der Waals surface area contributed by atoms with Crippen LogP contribution in [0.3, 0.4) is 0 Å². The van der Waals surface area contributed by atoms with Crippen LogP contribution < -0.4 is 10.5 Å². The molecule has 0 radical (unpaired) electrons. The van der Waals surface area contributed by atoms with Gasteiger partial charge < -0.3 is 10.5 Å². The van der Waals surface area contributed by atoms with Crippen LogP contribution in [0.25, 0.3) is 0 Å². The Labute approximate surface area is 102 Å². The largest absolute Gasteiger partial charge is 0.496 e. The van der Waals surface area contributed by atoms with Gasteiger partial charge in [-0.25, -0.2) is 0 Å². The molecule has 0 heterocycles. The summed E-state index contributed by atoms with van der Waals surface area (Å²) in [5.74, 6) is 0.848. The number of benzene rings is 2. The van der Waals surface area contributed by atoms with E-state index in [9.17, 15) is 0 Å². The van der Waals surface area contributed by atoms with Crippen molar-refractivity contribution in [1.82, 2.24) is 0 Å². The van der Waals surface area contributed by atoms with E-state index in [0.717, 1.165) is 16.9 Å². The van der Waals surface area contributed by atoms with Crippen molar-refractivity contribution >= 4 is 0 Å². The summed E-state index contributed by atoms with van der Waals surface area (Å²) in [6, 6.07) is 16.0. The number of rotatable bonds is 3. The molecule has 0 spiro atoms. The van der Waals surface area contributed by atoms with Gasteiger partial charge in [0, 0.05) is 5.56 Å². The van der Waals surface area contributed by atoms with Crippen LogP contribution in [0.4, 0.5) is 0 Å². The fourth-order valence-electron chi connectivity index (χ4n) is 1.92. The second-order valence-electron chi connectivity index (χ2n) is 4.13. The number of aryl methyl sites for hydroxylation is 1. The molecule has 2 aromatic carbocycles. The van der Waals surface area contributed by atoms with E-state index in [1.165, 1.54) is 5.56 Å². The van der Waals surface area contributed by atoms with Crippen LogP contribution in [0, 0.1) is 6.92 Å². The monoisotopic (exact) mass is 227 g/mol. The van der Waals surface area contributed by atoms with E-state index in [2.05, 4.69) is 6.07 Å². The fraction of sp³-hybridized carbons (Fsp3) is 0.200. The minimum Gasteiger partial charge on any atom is -0.496 e. The van der Waals surface area contributed by atoms with Crippen molar-refractivity contribution in [3.05, 3.63) is 65.2 Å². The molecule has 0 aromatic heterocycles. The molecule has 2 heteroatoms. The van der Waals surface area contributed by atoms with Crippen molar-refractivity contribution in [1.29, 1.82) is 0 Å². The highest BCUT2D eigenvalue weighted by atomic mass is 16.5. The van der Waals surface area contributed by atoms with Crippen LogP contribution >= 0.6 is 0 Å². The van der Waals surface area contributed by atoms with Crippen molar-refractivity contribution in [2.75, 3.05) is 7.11 Å². The highest BCUT2D eigenvalue weighted by Crippen LogP contribution is 2.28. The Morgan fingerprint density at radius 1 is 1.06 bits per heavy atom. The van der Waals surface area contributed by atoms with Crippen LogP contribution in [0.5, 0.6) is 5.75 Å². The lowest BCUT2D eigenvalue weighted by Gasteiger charge is -2.16. The van der Waals surface area contributed by atoms with E-state index in [-0.39, 0.29) is 6.04 Å². The molecule has 0 aliphatic heterocycles. The quantitative estimate of drug-likeness (QED) is 0.874. The van der Waals surface area contributed by atoms with Crippen LogP contribution in [0.1, 0.15) is 22.7 Å². The number of hydrogen-bond acceptors (Lipinski definition) is 2. The maximum Gasteiger partial charge on any atom is 0.124 e. The molecule has 0 bridgehead atoms. The second-order valence-corrected chi connectivity index (χ2v) is 4.13. The second kappa shape index (κ2) is 5.02. The van der Waals surface area contributed by atoms with Gasteiger partial charge in [0.05, 0.1) is 13.2 Å². The van der Waals surface area contributed by atoms with Crippen LogP contribution in [-0.2, 0) is 0 Å². The Hall–Kier alpha value is -1.80. The molecule has 0 saturated heterocycles. The van der Waals surface area contributed by atoms with Crippen molar-refractivity contribution in [2.24, 2.45) is 5.73 Å². The smallest absolute Gasteiger partial charge is 0.124 e. The zero-order valence-electron chi connectivity index (χ0n) is 10.2. The molecule has 2 N–H and O–H groups in total. The molecule has 1 atom stereocenters. The third-order valence-electron chi connectivity index (χ3n) is 2.88. The Morgan fingerprint density at radius 2 is 1.76 bits per heavy atom. The first-order chi connectivity index (χ1) is 8.22. The molecule has 0 fully saturated rings. The molecule has 88 valence electrons. The molecule has 0 aliphatic rings. The predicted molar refractivity (Wildman–Crippen MR) is 70.2 cm³/mol. The summed E-state index contributed by atoms with van der Waals surface area (Å²) < 4.78 is 5.39. The lowest BCUT2D eigenvalue weighted by Crippen LogP contribution is -2.13. The molecular weight excluding hydrogens is 210 g/mol. The Bertz CT molecular complexity index is 494. The van der Waals surface area contributed by atoms with Crippen LogP contribution in [-0.4, -0.2) is 7.11 Å². The van der Waals surface area contributed by atoms with Gasteiger partial charge in [0.15, 0.2) is 0 Å². The van der Waals surface area contributed by atoms with Gasteiger partial charge in [0.25, 0.3) is 0 Å². The molecule has 2 aromatic rings. The average Bonchev–Trinajstić information content (AvgIpc) is 2.39. The third kappa shape index (κ3) is 2.48. The average molecular weight is 227 g/mol. The van der Waals surface area contributed by atoms with Gasteiger partial charge in [0.2, 0.25) is 0 Å². The lowest BCUT2D eigenvalue weighted by atomic mass is 9.98. The number of nitrogens with two attached hydrogens (primary N) is 1. The summed E-state index contributed by atoms with van der Waals surface area (Å²) in [5, 5.41) is 0. The van der Waals surface area contributed by atoms with Gasteiger partial charge in [-0.1, -0.05) is 42.5 Å². The van der Waals surface area contributed by atoms with Gasteiger partial charge in [0.1, 0.15) is 5.75 Å². The first-order valence-corrected chi connectivity index (χ1v) is 5.67. The van der Waals surface area contributed by atoms with Crippen molar-refractivity contribution in [2.45, 2.75) is 13.0 Å². The first-order valence-electron chi connectivity index (χ1n) is 5.67. The lowest BCUT2D eigenvalue weighted by molar-refractivity contribution is 0.407. The standard InChI is InChI=1S/C15H17NO/c1-11-8-9-13(14(10-11)17-2)15(16)12-6-4-3-5-7-12/h3-10,15H,16H2,1-2H3. The van der Waals surface area contributed by atoms with E-state index in [1.807, 2.05) is 49.4 Å². The van der Waals surface area contributed by atoms with Gasteiger partial charge in [-0.05, 0) is 24.1 Å². The molecule has 1 unspecified atom stereocenters. The Morgan fingerprint density at radius 3 is 2.41 bits per heavy atom. The zero-order valence-corrected chi connectivity index (χ0v) is 10.2. The summed E-state index contributed by atoms with van der Waals surface area (Å²) >= 11 is 0. The topological polar surface area (TPSA) is 35.2 Å². The minimum atomic E-state index is -0.147. The molecule has 2 rings (SSSR count). The molecular formula is C15H17NO. The summed E-state index contributed by atoms with van der Waals surface area (Å²) in [6.07, 6.45) is 0. The SMILES string of the molecule is COc1cc(C)ccc1C(N)c1ccccc1. The Kier molecular flexibility index (Phi) is 3.45. The van der Waals surface area contributed by atoms with Crippen molar-refractivity contribution in [3.63, 3.8) is 0 Å². The number of methoxy groups -OCH3 is 1. The van der Waals surface area contributed by atoms with Crippen LogP contribution in [0.15, 0.2) is 48.5 Å². The molecule has 0 saturated carbocycles. The summed E-state index contributed by atoms with van der Waals surface area (Å²) in [6.45, 7) is 2.04. The van der Waals surface area contributed by atoms with E-state index in [1.54, 1.807) is 7.11 Å². The van der Waals surface area contributed by atoms with E-state index < -0.39 is 0 Å². The van der Waals surface area contributed by atoms with E-state index in [4.69, 9.17) is 10.5 Å². The fourth-order valence-corrected chi connectivity index (χ4v) is 1.92. The van der Waals surface area contributed by atoms with Crippen molar-refractivity contribution in [3.8, 4) is 5.75 Å². The van der Waals surface area contributed by atoms with Gasteiger partial charge in [-0.15, -0.1) is 0 Å².